The third kappa shape index (κ3) is 6.78. The number of nitrogens with one attached hydrogen (secondary N) is 1. The highest BCUT2D eigenvalue weighted by molar-refractivity contribution is 7.53. The maximum Gasteiger partial charge on any atom is 0.615 e. The van der Waals surface area contributed by atoms with E-state index in [1.807, 2.05) is 11.6 Å². The summed E-state index contributed by atoms with van der Waals surface area (Å²) in [6, 6.07) is 0. The fraction of sp³-hybridized carbons (Fsp3) is 1.00. The van der Waals surface area contributed by atoms with E-state index in [-0.39, 0.29) is 31.5 Å². The van der Waals surface area contributed by atoms with Crippen molar-refractivity contribution in [1.82, 2.24) is 19.3 Å². The second-order valence-electron chi connectivity index (χ2n) is 7.15. The lowest BCUT2D eigenvalue weighted by atomic mass is 10.2. The third-order valence-corrected chi connectivity index (χ3v) is 7.86. The molecule has 0 saturated carbocycles. The number of hydrogen-bond acceptors (Lipinski definition) is 7. The van der Waals surface area contributed by atoms with Gasteiger partial charge in [-0.1, -0.05) is 4.67 Å². The van der Waals surface area contributed by atoms with Gasteiger partial charge in [-0.15, -0.1) is 4.52 Å². The summed E-state index contributed by atoms with van der Waals surface area (Å²) < 4.78 is 53.2. The molecule has 2 rings (SSSR count). The molecule has 1 N–H and O–H groups in total. The van der Waals surface area contributed by atoms with E-state index in [9.17, 15) is 9.13 Å². The largest absolute Gasteiger partial charge is 0.615 e. The predicted octanol–water partition coefficient (Wildman–Crippen LogP) is 0.986. The molecule has 0 spiro atoms. The second-order valence-corrected chi connectivity index (χ2v) is 11.3. The van der Waals surface area contributed by atoms with Gasteiger partial charge in [0, 0.05) is 40.3 Å². The van der Waals surface area contributed by atoms with Gasteiger partial charge in [-0.05, 0) is 25.6 Å². The van der Waals surface area contributed by atoms with Gasteiger partial charge in [0.2, 0.25) is 0 Å². The van der Waals surface area contributed by atoms with E-state index in [2.05, 4.69) is 5.32 Å². The van der Waals surface area contributed by atoms with Gasteiger partial charge in [-0.25, -0.2) is 9.34 Å². The first kappa shape index (κ1) is 23.3. The molecule has 2 unspecified atom stereocenters. The molecule has 12 heteroatoms. The summed E-state index contributed by atoms with van der Waals surface area (Å²) in [4.78, 5) is 0. The van der Waals surface area contributed by atoms with Crippen molar-refractivity contribution in [3.8, 4) is 0 Å². The lowest BCUT2D eigenvalue weighted by Gasteiger charge is -2.42. The molecule has 158 valence electrons. The highest BCUT2D eigenvalue weighted by Gasteiger charge is 2.42. The monoisotopic (exact) mass is 427 g/mol. The Hall–Kier alpha value is 0.01000. The maximum atomic E-state index is 13.6. The summed E-state index contributed by atoms with van der Waals surface area (Å²) >= 11 is 0. The number of morpholine rings is 2. The molecule has 0 radical (unpaired) electrons. The molecule has 10 nitrogen and oxygen atoms in total. The highest BCUT2D eigenvalue weighted by atomic mass is 31.2. The van der Waals surface area contributed by atoms with Gasteiger partial charge in [0.1, 0.15) is 6.61 Å². The second kappa shape index (κ2) is 10.7. The first-order chi connectivity index (χ1) is 12.7. The lowest BCUT2D eigenvalue weighted by Crippen LogP contribution is -2.49. The Labute approximate surface area is 162 Å². The Balaban J connectivity index is 1.98. The molecule has 2 fully saturated rings. The molecule has 2 heterocycles. The van der Waals surface area contributed by atoms with Crippen LogP contribution in [0, 0.1) is 0 Å². The standard InChI is InChI=1S/C15H33N4O6P2/c1-13-9-19(10-15(25-13)11-23-26(20)17(2)3)27(21,18(4)5)24-12-14-8-16-6-7-22-14/h13-16H,6-12H2,1-5H3/q+1/t13-,14-,15-,27?/m0/s1. The summed E-state index contributed by atoms with van der Waals surface area (Å²) in [5.74, 6) is 0. The van der Waals surface area contributed by atoms with Gasteiger partial charge >= 0.3 is 15.8 Å². The minimum absolute atomic E-state index is 0.117. The van der Waals surface area contributed by atoms with Crippen molar-refractivity contribution < 1.29 is 27.7 Å². The minimum atomic E-state index is -3.23. The van der Waals surface area contributed by atoms with Crippen molar-refractivity contribution in [3.05, 3.63) is 0 Å². The van der Waals surface area contributed by atoms with E-state index in [1.54, 1.807) is 32.9 Å². The lowest BCUT2D eigenvalue weighted by molar-refractivity contribution is -0.0769. The van der Waals surface area contributed by atoms with Crippen molar-refractivity contribution >= 4 is 15.8 Å². The quantitative estimate of drug-likeness (QED) is 0.537. The van der Waals surface area contributed by atoms with Crippen LogP contribution in [0.3, 0.4) is 0 Å². The van der Waals surface area contributed by atoms with E-state index in [4.69, 9.17) is 18.5 Å². The summed E-state index contributed by atoms with van der Waals surface area (Å²) in [6.45, 7) is 5.31. The average molecular weight is 427 g/mol. The fourth-order valence-electron chi connectivity index (χ4n) is 2.94. The molecular formula is C15H33N4O6P2+. The SMILES string of the molecule is C[C@H]1CN(P(=O)(OC[C@@H]2CNCCO2)N(C)C)C[C@@H](CO[P+](=O)N(C)C)O1. The van der Waals surface area contributed by atoms with Crippen molar-refractivity contribution in [2.24, 2.45) is 0 Å². The van der Waals surface area contributed by atoms with Crippen LogP contribution in [-0.4, -0.2) is 107 Å². The Bertz CT molecular complexity index is 532. The van der Waals surface area contributed by atoms with Gasteiger partial charge < -0.3 is 19.3 Å². The smallest absolute Gasteiger partial charge is 0.373 e. The van der Waals surface area contributed by atoms with Crippen LogP contribution >= 0.6 is 15.8 Å². The number of hydrogen-bond donors (Lipinski definition) is 1. The number of rotatable bonds is 9. The Morgan fingerprint density at radius 1 is 1.22 bits per heavy atom. The van der Waals surface area contributed by atoms with Crippen LogP contribution in [0.1, 0.15) is 6.92 Å². The predicted molar refractivity (Wildman–Crippen MR) is 103 cm³/mol. The van der Waals surface area contributed by atoms with Gasteiger partial charge in [0.15, 0.2) is 0 Å². The summed E-state index contributed by atoms with van der Waals surface area (Å²) in [5, 5.41) is 3.24. The van der Waals surface area contributed by atoms with Crippen molar-refractivity contribution in [2.45, 2.75) is 25.2 Å². The Morgan fingerprint density at radius 2 is 1.96 bits per heavy atom. The molecule has 5 atom stereocenters. The normalized spacial score (nSPS) is 30.5. The van der Waals surface area contributed by atoms with Gasteiger partial charge in [-0.2, -0.15) is 0 Å². The average Bonchev–Trinajstić information content (AvgIpc) is 2.64. The van der Waals surface area contributed by atoms with Crippen LogP contribution in [-0.2, 0) is 27.7 Å². The molecule has 0 aromatic rings. The molecule has 0 aromatic carbocycles. The summed E-state index contributed by atoms with van der Waals surface area (Å²) in [6.07, 6.45) is -0.597. The van der Waals surface area contributed by atoms with Crippen LogP contribution in [0.2, 0.25) is 0 Å². The van der Waals surface area contributed by atoms with E-state index in [0.29, 0.717) is 26.2 Å². The first-order valence-electron chi connectivity index (χ1n) is 9.15. The van der Waals surface area contributed by atoms with Crippen molar-refractivity contribution in [1.29, 1.82) is 0 Å². The van der Waals surface area contributed by atoms with E-state index in [0.717, 1.165) is 6.54 Å². The van der Waals surface area contributed by atoms with Crippen molar-refractivity contribution in [3.63, 3.8) is 0 Å². The molecule has 2 saturated heterocycles. The van der Waals surface area contributed by atoms with Crippen LogP contribution in [0.5, 0.6) is 0 Å². The zero-order valence-electron chi connectivity index (χ0n) is 16.9. The van der Waals surface area contributed by atoms with E-state index in [1.165, 1.54) is 4.67 Å². The van der Waals surface area contributed by atoms with E-state index >= 15 is 0 Å². The first-order valence-corrected chi connectivity index (χ1v) is 11.8. The molecule has 27 heavy (non-hydrogen) atoms. The number of ether oxygens (including phenoxy) is 2. The molecule has 0 aliphatic carbocycles. The van der Waals surface area contributed by atoms with Crippen LogP contribution in [0.4, 0.5) is 0 Å². The Morgan fingerprint density at radius 3 is 2.56 bits per heavy atom. The fourth-order valence-corrected chi connectivity index (χ4v) is 5.55. The van der Waals surface area contributed by atoms with E-state index < -0.39 is 15.8 Å². The third-order valence-electron chi connectivity index (χ3n) is 4.30. The molecule has 0 bridgehead atoms. The maximum absolute atomic E-state index is 13.6. The van der Waals surface area contributed by atoms with Crippen LogP contribution in [0.15, 0.2) is 0 Å². The van der Waals surface area contributed by atoms with Crippen molar-refractivity contribution in [2.75, 3.05) is 74.2 Å². The number of nitrogens with zero attached hydrogens (tertiary/aromatic N) is 3. The van der Waals surface area contributed by atoms with Gasteiger partial charge in [-0.3, -0.25) is 4.57 Å². The molecule has 0 aromatic heterocycles. The zero-order valence-corrected chi connectivity index (χ0v) is 18.7. The minimum Gasteiger partial charge on any atom is -0.373 e. The zero-order chi connectivity index (χ0) is 20.0. The molecular weight excluding hydrogens is 394 g/mol. The topological polar surface area (TPSA) is 92.8 Å². The van der Waals surface area contributed by atoms with Crippen LogP contribution < -0.4 is 5.32 Å². The molecule has 2 aliphatic heterocycles. The molecule has 0 amide bonds. The Kier molecular flexibility index (Phi) is 9.22. The highest BCUT2D eigenvalue weighted by Crippen LogP contribution is 2.53. The summed E-state index contributed by atoms with van der Waals surface area (Å²) in [7, 11) is 1.73. The van der Waals surface area contributed by atoms with Gasteiger partial charge in [0.05, 0.1) is 31.5 Å². The summed E-state index contributed by atoms with van der Waals surface area (Å²) in [5.41, 5.74) is 0. The molecule has 2 aliphatic rings. The van der Waals surface area contributed by atoms with Gasteiger partial charge in [0.25, 0.3) is 0 Å². The van der Waals surface area contributed by atoms with Crippen LogP contribution in [0.25, 0.3) is 0 Å².